The highest BCUT2D eigenvalue weighted by molar-refractivity contribution is 6.29. The molecule has 0 radical (unpaired) electrons. The van der Waals surface area contributed by atoms with Crippen LogP contribution in [0, 0.1) is 5.92 Å². The van der Waals surface area contributed by atoms with E-state index < -0.39 is 0 Å². The molecule has 1 fully saturated rings. The number of nitrogens with one attached hydrogen (secondary N) is 1. The van der Waals surface area contributed by atoms with Crippen molar-refractivity contribution in [3.63, 3.8) is 0 Å². The molecule has 1 aliphatic rings. The number of amides is 1. The molecule has 1 amide bonds. The summed E-state index contributed by atoms with van der Waals surface area (Å²) in [6, 6.07) is 8.03. The molecule has 4 nitrogen and oxygen atoms in total. The van der Waals surface area contributed by atoms with Crippen LogP contribution >= 0.6 is 11.6 Å². The highest BCUT2D eigenvalue weighted by atomic mass is 35.5. The first kappa shape index (κ1) is 16.8. The van der Waals surface area contributed by atoms with Crippen molar-refractivity contribution >= 4 is 17.5 Å². The Kier molecular flexibility index (Phi) is 6.28. The average molecular weight is 323 g/mol. The van der Waals surface area contributed by atoms with Gasteiger partial charge in [-0.2, -0.15) is 0 Å². The predicted molar refractivity (Wildman–Crippen MR) is 89.0 cm³/mol. The lowest BCUT2D eigenvalue weighted by Gasteiger charge is -2.31. The summed E-state index contributed by atoms with van der Waals surface area (Å²) < 4.78 is 5.48. The van der Waals surface area contributed by atoms with Gasteiger partial charge in [0.1, 0.15) is 12.4 Å². The normalized spacial score (nSPS) is 16.3. The fourth-order valence-corrected chi connectivity index (χ4v) is 2.72. The number of rotatable bonds is 6. The summed E-state index contributed by atoms with van der Waals surface area (Å²) >= 11 is 5.68. The number of ether oxygens (including phenoxy) is 1. The molecule has 1 aliphatic heterocycles. The summed E-state index contributed by atoms with van der Waals surface area (Å²) in [6.07, 6.45) is 1.86. The third-order valence-electron chi connectivity index (χ3n) is 3.93. The molecular weight excluding hydrogens is 300 g/mol. The molecule has 0 atom stereocenters. The van der Waals surface area contributed by atoms with Gasteiger partial charge in [0.2, 0.25) is 5.91 Å². The first-order chi connectivity index (χ1) is 10.6. The summed E-state index contributed by atoms with van der Waals surface area (Å²) in [6.45, 7) is 6.75. The van der Waals surface area contributed by atoms with Gasteiger partial charge in [-0.15, -0.1) is 0 Å². The predicted octanol–water partition coefficient (Wildman–Crippen LogP) is 2.78. The molecule has 22 heavy (non-hydrogen) atoms. The standard InChI is InChI=1S/C17H23ClN2O2/c1-13(18)12-22-16-5-3-14(4-6-16)11-20-9-7-15(8-10-20)17(21)19-2/h3-6,15H,1,7-12H2,2H3,(H,19,21). The van der Waals surface area contributed by atoms with E-state index in [4.69, 9.17) is 16.3 Å². The zero-order valence-electron chi connectivity index (χ0n) is 13.0. The van der Waals surface area contributed by atoms with Crippen LogP contribution in [0.3, 0.4) is 0 Å². The molecule has 120 valence electrons. The van der Waals surface area contributed by atoms with Crippen molar-refractivity contribution in [3.8, 4) is 5.75 Å². The molecule has 0 bridgehead atoms. The number of benzene rings is 1. The van der Waals surface area contributed by atoms with Crippen LogP contribution in [0.5, 0.6) is 5.75 Å². The zero-order chi connectivity index (χ0) is 15.9. The Morgan fingerprint density at radius 2 is 2.00 bits per heavy atom. The highest BCUT2D eigenvalue weighted by Crippen LogP contribution is 2.20. The van der Waals surface area contributed by atoms with Gasteiger partial charge < -0.3 is 10.1 Å². The van der Waals surface area contributed by atoms with E-state index in [0.29, 0.717) is 11.6 Å². The van der Waals surface area contributed by atoms with Crippen molar-refractivity contribution in [1.82, 2.24) is 10.2 Å². The third-order valence-corrected chi connectivity index (χ3v) is 4.04. The first-order valence-electron chi connectivity index (χ1n) is 7.57. The molecule has 2 rings (SSSR count). The Balaban J connectivity index is 1.80. The fourth-order valence-electron chi connectivity index (χ4n) is 2.67. The van der Waals surface area contributed by atoms with Crippen LogP contribution in [-0.2, 0) is 11.3 Å². The molecule has 0 spiro atoms. The van der Waals surface area contributed by atoms with Gasteiger partial charge in [0.15, 0.2) is 0 Å². The molecule has 0 aromatic heterocycles. The molecule has 0 aliphatic carbocycles. The maximum Gasteiger partial charge on any atom is 0.222 e. The fraction of sp³-hybridized carbons (Fsp3) is 0.471. The summed E-state index contributed by atoms with van der Waals surface area (Å²) in [5, 5.41) is 3.23. The van der Waals surface area contributed by atoms with E-state index in [0.717, 1.165) is 38.2 Å². The minimum absolute atomic E-state index is 0.167. The van der Waals surface area contributed by atoms with Gasteiger partial charge in [0.05, 0.1) is 0 Å². The van der Waals surface area contributed by atoms with Gasteiger partial charge >= 0.3 is 0 Å². The number of likely N-dealkylation sites (tertiary alicyclic amines) is 1. The molecule has 1 saturated heterocycles. The number of carbonyl (C=O) groups excluding carboxylic acids is 1. The van der Waals surface area contributed by atoms with Crippen LogP contribution in [0.2, 0.25) is 0 Å². The lowest BCUT2D eigenvalue weighted by molar-refractivity contribution is -0.125. The number of carbonyl (C=O) groups is 1. The summed E-state index contributed by atoms with van der Waals surface area (Å²) in [4.78, 5) is 14.0. The second-order valence-electron chi connectivity index (χ2n) is 5.61. The summed E-state index contributed by atoms with van der Waals surface area (Å²) in [5.41, 5.74) is 1.25. The molecular formula is C17H23ClN2O2. The number of halogens is 1. The number of hydrogen-bond acceptors (Lipinski definition) is 3. The maximum atomic E-state index is 11.6. The number of nitrogens with zero attached hydrogens (tertiary/aromatic N) is 1. The van der Waals surface area contributed by atoms with E-state index in [1.54, 1.807) is 7.05 Å². The lowest BCUT2D eigenvalue weighted by Crippen LogP contribution is -2.39. The minimum atomic E-state index is 0.167. The Morgan fingerprint density at radius 3 is 2.55 bits per heavy atom. The molecule has 0 unspecified atom stereocenters. The van der Waals surface area contributed by atoms with Crippen molar-refractivity contribution in [1.29, 1.82) is 0 Å². The van der Waals surface area contributed by atoms with Gasteiger partial charge in [-0.05, 0) is 43.6 Å². The Morgan fingerprint density at radius 1 is 1.36 bits per heavy atom. The van der Waals surface area contributed by atoms with Crippen molar-refractivity contribution in [2.75, 3.05) is 26.7 Å². The van der Waals surface area contributed by atoms with Crippen LogP contribution in [0.4, 0.5) is 0 Å². The number of hydrogen-bond donors (Lipinski definition) is 1. The second-order valence-corrected chi connectivity index (χ2v) is 6.15. The third kappa shape index (κ3) is 5.04. The van der Waals surface area contributed by atoms with Crippen LogP contribution in [0.25, 0.3) is 0 Å². The Bertz CT molecular complexity index is 508. The molecule has 1 aromatic rings. The Hall–Kier alpha value is -1.52. The summed E-state index contributed by atoms with van der Waals surface area (Å²) in [5.74, 6) is 1.13. The van der Waals surface area contributed by atoms with Gasteiger partial charge in [0, 0.05) is 24.5 Å². The maximum absolute atomic E-state index is 11.6. The van der Waals surface area contributed by atoms with Crippen molar-refractivity contribution in [2.24, 2.45) is 5.92 Å². The van der Waals surface area contributed by atoms with Crippen LogP contribution < -0.4 is 10.1 Å². The number of piperidine rings is 1. The molecule has 5 heteroatoms. The highest BCUT2D eigenvalue weighted by Gasteiger charge is 2.23. The topological polar surface area (TPSA) is 41.6 Å². The van der Waals surface area contributed by atoms with Gasteiger partial charge in [0.25, 0.3) is 0 Å². The Labute approximate surface area is 137 Å². The average Bonchev–Trinajstić information content (AvgIpc) is 2.54. The molecule has 1 heterocycles. The van der Waals surface area contributed by atoms with E-state index in [1.807, 2.05) is 12.1 Å². The van der Waals surface area contributed by atoms with E-state index in [2.05, 4.69) is 28.9 Å². The van der Waals surface area contributed by atoms with Gasteiger partial charge in [-0.1, -0.05) is 30.3 Å². The van der Waals surface area contributed by atoms with Gasteiger partial charge in [-0.25, -0.2) is 0 Å². The SMILES string of the molecule is C=C(Cl)COc1ccc(CN2CCC(C(=O)NC)CC2)cc1. The quantitative estimate of drug-likeness (QED) is 0.875. The van der Waals surface area contributed by atoms with E-state index >= 15 is 0 Å². The minimum Gasteiger partial charge on any atom is -0.488 e. The van der Waals surface area contributed by atoms with Crippen molar-refractivity contribution < 1.29 is 9.53 Å². The molecule has 1 aromatic carbocycles. The van der Waals surface area contributed by atoms with Crippen LogP contribution in [-0.4, -0.2) is 37.6 Å². The largest absolute Gasteiger partial charge is 0.488 e. The van der Waals surface area contributed by atoms with Crippen molar-refractivity contribution in [3.05, 3.63) is 41.4 Å². The van der Waals surface area contributed by atoms with E-state index in [9.17, 15) is 4.79 Å². The van der Waals surface area contributed by atoms with Crippen molar-refractivity contribution in [2.45, 2.75) is 19.4 Å². The second kappa shape index (κ2) is 8.20. The van der Waals surface area contributed by atoms with E-state index in [1.165, 1.54) is 5.56 Å². The van der Waals surface area contributed by atoms with Gasteiger partial charge in [-0.3, -0.25) is 9.69 Å². The lowest BCUT2D eigenvalue weighted by atomic mass is 9.95. The molecule has 0 saturated carbocycles. The zero-order valence-corrected chi connectivity index (χ0v) is 13.7. The smallest absolute Gasteiger partial charge is 0.222 e. The monoisotopic (exact) mass is 322 g/mol. The van der Waals surface area contributed by atoms with E-state index in [-0.39, 0.29) is 11.8 Å². The van der Waals surface area contributed by atoms with Crippen LogP contribution in [0.15, 0.2) is 35.9 Å². The van der Waals surface area contributed by atoms with Crippen LogP contribution in [0.1, 0.15) is 18.4 Å². The molecule has 1 N–H and O–H groups in total. The summed E-state index contributed by atoms with van der Waals surface area (Å²) in [7, 11) is 1.71. The first-order valence-corrected chi connectivity index (χ1v) is 7.95.